The van der Waals surface area contributed by atoms with Crippen molar-refractivity contribution < 1.29 is 4.79 Å². The fraction of sp³-hybridized carbons (Fsp3) is 0.0714. The molecule has 0 spiro atoms. The van der Waals surface area contributed by atoms with Crippen LogP contribution in [0.4, 0.5) is 5.69 Å². The second-order valence-corrected chi connectivity index (χ2v) is 4.98. The summed E-state index contributed by atoms with van der Waals surface area (Å²) in [5.41, 5.74) is 7.26. The number of hydrogen-bond donors (Lipinski definition) is 1. The lowest BCUT2D eigenvalue weighted by Crippen LogP contribution is -2.29. The minimum absolute atomic E-state index is 0.240. The van der Waals surface area contributed by atoms with Gasteiger partial charge in [0.2, 0.25) is 0 Å². The average molecular weight is 306 g/mol. The van der Waals surface area contributed by atoms with E-state index in [1.165, 1.54) is 11.1 Å². The van der Waals surface area contributed by atoms with Gasteiger partial charge in [-0.2, -0.15) is 0 Å². The van der Waals surface area contributed by atoms with Gasteiger partial charge in [-0.3, -0.25) is 4.79 Å². The second kappa shape index (κ2) is 5.98. The standard InChI is InChI=1S/C14H12ClN3OS/c1-18(12-5-3-2-4-10(12)13(16)20)14(19)11-7-6-9(15)8-17-11/h2-8H,1H3,(H2,16,20). The second-order valence-electron chi connectivity index (χ2n) is 4.11. The zero-order valence-corrected chi connectivity index (χ0v) is 12.3. The number of carbonyl (C=O) groups excluding carboxylic acids is 1. The third-order valence-electron chi connectivity index (χ3n) is 2.78. The molecule has 2 N–H and O–H groups in total. The molecule has 0 bridgehead atoms. The maximum atomic E-state index is 12.4. The van der Waals surface area contributed by atoms with Crippen LogP contribution in [0.2, 0.25) is 5.02 Å². The van der Waals surface area contributed by atoms with E-state index in [0.29, 0.717) is 22.0 Å². The van der Waals surface area contributed by atoms with E-state index in [9.17, 15) is 4.79 Å². The minimum atomic E-state index is -0.259. The van der Waals surface area contributed by atoms with Crippen molar-refractivity contribution in [1.82, 2.24) is 4.98 Å². The summed E-state index contributed by atoms with van der Waals surface area (Å²) in [5, 5.41) is 0.479. The summed E-state index contributed by atoms with van der Waals surface area (Å²) in [4.78, 5) is 18.1. The van der Waals surface area contributed by atoms with Crippen molar-refractivity contribution in [1.29, 1.82) is 0 Å². The molecule has 2 aromatic rings. The molecule has 1 heterocycles. The van der Waals surface area contributed by atoms with Gasteiger partial charge in [-0.1, -0.05) is 36.0 Å². The van der Waals surface area contributed by atoms with Gasteiger partial charge in [-0.25, -0.2) is 4.98 Å². The number of pyridine rings is 1. The zero-order valence-electron chi connectivity index (χ0n) is 10.7. The Morgan fingerprint density at radius 2 is 2.00 bits per heavy atom. The molecule has 1 aromatic carbocycles. The smallest absolute Gasteiger partial charge is 0.276 e. The number of thiocarbonyl (C=S) groups is 1. The number of benzene rings is 1. The van der Waals surface area contributed by atoms with Crippen molar-refractivity contribution in [3.05, 3.63) is 58.9 Å². The van der Waals surface area contributed by atoms with Gasteiger partial charge in [-0.15, -0.1) is 0 Å². The van der Waals surface area contributed by atoms with Gasteiger partial charge in [0.1, 0.15) is 10.7 Å². The Balaban J connectivity index is 2.36. The molecule has 2 rings (SSSR count). The van der Waals surface area contributed by atoms with Crippen LogP contribution in [0.1, 0.15) is 16.1 Å². The lowest BCUT2D eigenvalue weighted by Gasteiger charge is -2.19. The topological polar surface area (TPSA) is 59.2 Å². The lowest BCUT2D eigenvalue weighted by atomic mass is 10.1. The predicted octanol–water partition coefficient (Wildman–Crippen LogP) is 2.65. The van der Waals surface area contributed by atoms with Crippen molar-refractivity contribution in [2.75, 3.05) is 11.9 Å². The van der Waals surface area contributed by atoms with Crippen LogP contribution >= 0.6 is 23.8 Å². The van der Waals surface area contributed by atoms with E-state index in [4.69, 9.17) is 29.6 Å². The highest BCUT2D eigenvalue weighted by molar-refractivity contribution is 7.80. The molecular formula is C14H12ClN3OS. The Hall–Kier alpha value is -1.98. The summed E-state index contributed by atoms with van der Waals surface area (Å²) in [7, 11) is 1.65. The normalized spacial score (nSPS) is 10.1. The highest BCUT2D eigenvalue weighted by atomic mass is 35.5. The largest absolute Gasteiger partial charge is 0.389 e. The van der Waals surface area contributed by atoms with Crippen molar-refractivity contribution in [3.8, 4) is 0 Å². The Morgan fingerprint density at radius 3 is 2.60 bits per heavy atom. The van der Waals surface area contributed by atoms with E-state index >= 15 is 0 Å². The monoisotopic (exact) mass is 305 g/mol. The Kier molecular flexibility index (Phi) is 4.32. The first-order chi connectivity index (χ1) is 9.50. The molecule has 0 fully saturated rings. The van der Waals surface area contributed by atoms with Crippen molar-refractivity contribution in [2.45, 2.75) is 0 Å². The first-order valence-electron chi connectivity index (χ1n) is 5.79. The van der Waals surface area contributed by atoms with E-state index < -0.39 is 0 Å². The number of carbonyl (C=O) groups is 1. The predicted molar refractivity (Wildman–Crippen MR) is 84.3 cm³/mol. The van der Waals surface area contributed by atoms with Crippen LogP contribution in [0.25, 0.3) is 0 Å². The van der Waals surface area contributed by atoms with Gasteiger partial charge in [0.25, 0.3) is 5.91 Å². The highest BCUT2D eigenvalue weighted by Gasteiger charge is 2.18. The maximum absolute atomic E-state index is 12.4. The highest BCUT2D eigenvalue weighted by Crippen LogP contribution is 2.21. The minimum Gasteiger partial charge on any atom is -0.389 e. The fourth-order valence-corrected chi connectivity index (χ4v) is 2.04. The fourth-order valence-electron chi connectivity index (χ4n) is 1.76. The molecule has 0 atom stereocenters. The maximum Gasteiger partial charge on any atom is 0.276 e. The van der Waals surface area contributed by atoms with Crippen molar-refractivity contribution in [2.24, 2.45) is 5.73 Å². The summed E-state index contributed by atoms with van der Waals surface area (Å²) >= 11 is 10.8. The number of para-hydroxylation sites is 1. The van der Waals surface area contributed by atoms with Gasteiger partial charge in [0.05, 0.1) is 10.7 Å². The molecule has 20 heavy (non-hydrogen) atoms. The molecule has 6 heteroatoms. The summed E-state index contributed by atoms with van der Waals surface area (Å²) in [6, 6.07) is 10.4. The molecule has 0 saturated carbocycles. The summed E-state index contributed by atoms with van der Waals surface area (Å²) in [5.74, 6) is -0.259. The summed E-state index contributed by atoms with van der Waals surface area (Å²) in [6.07, 6.45) is 1.43. The van der Waals surface area contributed by atoms with Gasteiger partial charge < -0.3 is 10.6 Å². The van der Waals surface area contributed by atoms with E-state index in [0.717, 1.165) is 0 Å². The first kappa shape index (κ1) is 14.4. The number of nitrogens with two attached hydrogens (primary N) is 1. The molecule has 4 nitrogen and oxygen atoms in total. The number of anilines is 1. The molecule has 102 valence electrons. The number of aromatic nitrogens is 1. The third kappa shape index (κ3) is 2.95. The number of amides is 1. The van der Waals surface area contributed by atoms with Crippen LogP contribution in [0, 0.1) is 0 Å². The van der Waals surface area contributed by atoms with Gasteiger partial charge in [-0.05, 0) is 24.3 Å². The first-order valence-corrected chi connectivity index (χ1v) is 6.58. The zero-order chi connectivity index (χ0) is 14.7. The van der Waals surface area contributed by atoms with Crippen LogP contribution in [0.15, 0.2) is 42.6 Å². The Bertz CT molecular complexity index is 658. The Morgan fingerprint density at radius 1 is 1.30 bits per heavy atom. The van der Waals surface area contributed by atoms with Gasteiger partial charge in [0.15, 0.2) is 0 Å². The molecule has 0 unspecified atom stereocenters. The lowest BCUT2D eigenvalue weighted by molar-refractivity contribution is 0.0988. The van der Waals surface area contributed by atoms with Crippen LogP contribution < -0.4 is 10.6 Å². The van der Waals surface area contributed by atoms with E-state index in [2.05, 4.69) is 4.98 Å². The third-order valence-corrected chi connectivity index (χ3v) is 3.23. The molecule has 1 amide bonds. The van der Waals surface area contributed by atoms with Crippen molar-refractivity contribution >= 4 is 40.4 Å². The summed E-state index contributed by atoms with van der Waals surface area (Å²) < 4.78 is 0. The molecule has 0 radical (unpaired) electrons. The molecular weight excluding hydrogens is 294 g/mol. The number of halogens is 1. The average Bonchev–Trinajstić information content (AvgIpc) is 2.46. The van der Waals surface area contributed by atoms with Crippen LogP contribution in [-0.4, -0.2) is 22.9 Å². The number of rotatable bonds is 3. The van der Waals surface area contributed by atoms with Crippen LogP contribution in [-0.2, 0) is 0 Å². The molecule has 0 aliphatic heterocycles. The molecule has 0 aliphatic carbocycles. The van der Waals surface area contributed by atoms with E-state index in [1.54, 1.807) is 31.3 Å². The van der Waals surface area contributed by atoms with Gasteiger partial charge >= 0.3 is 0 Å². The quantitative estimate of drug-likeness (QED) is 0.886. The SMILES string of the molecule is CN(C(=O)c1ccc(Cl)cn1)c1ccccc1C(N)=S. The van der Waals surface area contributed by atoms with E-state index in [-0.39, 0.29) is 10.9 Å². The molecule has 0 aliphatic rings. The van der Waals surface area contributed by atoms with Crippen LogP contribution in [0.5, 0.6) is 0 Å². The van der Waals surface area contributed by atoms with Gasteiger partial charge in [0, 0.05) is 18.8 Å². The van der Waals surface area contributed by atoms with E-state index in [1.807, 2.05) is 12.1 Å². The number of nitrogens with zero attached hydrogens (tertiary/aromatic N) is 2. The number of hydrogen-bond acceptors (Lipinski definition) is 3. The van der Waals surface area contributed by atoms with Crippen LogP contribution in [0.3, 0.4) is 0 Å². The molecule has 1 aromatic heterocycles. The Labute approximate surface area is 127 Å². The van der Waals surface area contributed by atoms with Crippen molar-refractivity contribution in [3.63, 3.8) is 0 Å². The summed E-state index contributed by atoms with van der Waals surface area (Å²) in [6.45, 7) is 0. The molecule has 0 saturated heterocycles.